The zero-order valence-electron chi connectivity index (χ0n) is 10.5. The van der Waals surface area contributed by atoms with Gasteiger partial charge in [0, 0.05) is 6.54 Å². The standard InChI is InChI=1S/C12H22N2O3/c1-3-10(11(15)16)14-12(17)13-7-9-5-4-8(2)6-9/h8-10H,3-7H2,1-2H3,(H,15,16)(H2,13,14,17)/t8?,9?,10-/m0/s1. The van der Waals surface area contributed by atoms with Gasteiger partial charge in [0.1, 0.15) is 6.04 Å². The van der Waals surface area contributed by atoms with Crippen LogP contribution in [-0.4, -0.2) is 29.7 Å². The van der Waals surface area contributed by atoms with Gasteiger partial charge in [0.15, 0.2) is 0 Å². The van der Waals surface area contributed by atoms with Crippen molar-refractivity contribution in [1.82, 2.24) is 10.6 Å². The number of urea groups is 1. The van der Waals surface area contributed by atoms with Gasteiger partial charge in [0.25, 0.3) is 0 Å². The topological polar surface area (TPSA) is 78.4 Å². The van der Waals surface area contributed by atoms with Crippen molar-refractivity contribution in [2.45, 2.75) is 45.6 Å². The summed E-state index contributed by atoms with van der Waals surface area (Å²) in [5.74, 6) is 0.296. The molecule has 0 spiro atoms. The zero-order valence-corrected chi connectivity index (χ0v) is 10.5. The molecular formula is C12H22N2O3. The highest BCUT2D eigenvalue weighted by atomic mass is 16.4. The molecule has 3 atom stereocenters. The van der Waals surface area contributed by atoms with Gasteiger partial charge in [-0.3, -0.25) is 0 Å². The minimum Gasteiger partial charge on any atom is -0.480 e. The Labute approximate surface area is 102 Å². The maximum absolute atomic E-state index is 11.5. The fourth-order valence-corrected chi connectivity index (χ4v) is 2.30. The van der Waals surface area contributed by atoms with Crippen molar-refractivity contribution >= 4 is 12.0 Å². The molecule has 17 heavy (non-hydrogen) atoms. The number of carbonyl (C=O) groups excluding carboxylic acids is 1. The van der Waals surface area contributed by atoms with Crippen molar-refractivity contribution in [3.05, 3.63) is 0 Å². The molecule has 1 aliphatic rings. The lowest BCUT2D eigenvalue weighted by atomic mass is 10.1. The summed E-state index contributed by atoms with van der Waals surface area (Å²) in [7, 11) is 0. The first-order valence-electron chi connectivity index (χ1n) is 6.30. The number of carboxylic acids is 1. The summed E-state index contributed by atoms with van der Waals surface area (Å²) < 4.78 is 0. The van der Waals surface area contributed by atoms with Crippen molar-refractivity contribution < 1.29 is 14.7 Å². The molecule has 1 rings (SSSR count). The number of hydrogen-bond donors (Lipinski definition) is 3. The molecule has 98 valence electrons. The highest BCUT2D eigenvalue weighted by molar-refractivity contribution is 5.82. The third-order valence-electron chi connectivity index (χ3n) is 3.37. The minimum atomic E-state index is -0.989. The van der Waals surface area contributed by atoms with Crippen LogP contribution >= 0.6 is 0 Å². The van der Waals surface area contributed by atoms with Gasteiger partial charge < -0.3 is 15.7 Å². The number of nitrogens with one attached hydrogen (secondary N) is 2. The Morgan fingerprint density at radius 3 is 2.59 bits per heavy atom. The smallest absolute Gasteiger partial charge is 0.326 e. The van der Waals surface area contributed by atoms with E-state index >= 15 is 0 Å². The van der Waals surface area contributed by atoms with Crippen molar-refractivity contribution in [3.63, 3.8) is 0 Å². The van der Waals surface area contributed by atoms with Crippen LogP contribution in [0.4, 0.5) is 4.79 Å². The summed E-state index contributed by atoms with van der Waals surface area (Å²) in [5, 5.41) is 14.0. The molecular weight excluding hydrogens is 220 g/mol. The fourth-order valence-electron chi connectivity index (χ4n) is 2.30. The Bertz CT molecular complexity index is 281. The summed E-state index contributed by atoms with van der Waals surface area (Å²) in [4.78, 5) is 22.2. The van der Waals surface area contributed by atoms with Crippen LogP contribution in [0.1, 0.15) is 39.5 Å². The van der Waals surface area contributed by atoms with Gasteiger partial charge in [-0.25, -0.2) is 9.59 Å². The lowest BCUT2D eigenvalue weighted by Gasteiger charge is -2.15. The molecule has 3 N–H and O–H groups in total. The van der Waals surface area contributed by atoms with E-state index < -0.39 is 12.0 Å². The summed E-state index contributed by atoms with van der Waals surface area (Å²) in [6, 6.07) is -1.17. The molecule has 0 aliphatic heterocycles. The summed E-state index contributed by atoms with van der Waals surface area (Å²) in [6.45, 7) is 4.60. The average molecular weight is 242 g/mol. The van der Waals surface area contributed by atoms with Gasteiger partial charge in [-0.2, -0.15) is 0 Å². The molecule has 2 amide bonds. The lowest BCUT2D eigenvalue weighted by molar-refractivity contribution is -0.139. The zero-order chi connectivity index (χ0) is 12.8. The molecule has 0 aromatic rings. The largest absolute Gasteiger partial charge is 0.480 e. The third-order valence-corrected chi connectivity index (χ3v) is 3.37. The molecule has 0 aromatic heterocycles. The maximum atomic E-state index is 11.5. The molecule has 5 heteroatoms. The summed E-state index contributed by atoms with van der Waals surface area (Å²) >= 11 is 0. The van der Waals surface area contributed by atoms with Gasteiger partial charge in [0.2, 0.25) is 0 Å². The van der Waals surface area contributed by atoms with Gasteiger partial charge in [-0.15, -0.1) is 0 Å². The van der Waals surface area contributed by atoms with Crippen molar-refractivity contribution in [2.75, 3.05) is 6.54 Å². The molecule has 0 heterocycles. The van der Waals surface area contributed by atoms with E-state index in [0.29, 0.717) is 18.9 Å². The van der Waals surface area contributed by atoms with Crippen LogP contribution < -0.4 is 10.6 Å². The van der Waals surface area contributed by atoms with Crippen molar-refractivity contribution in [3.8, 4) is 0 Å². The number of carbonyl (C=O) groups is 2. The fraction of sp³-hybridized carbons (Fsp3) is 0.833. The van der Waals surface area contributed by atoms with Crippen molar-refractivity contribution in [2.24, 2.45) is 11.8 Å². The highest BCUT2D eigenvalue weighted by Crippen LogP contribution is 2.29. The molecule has 0 radical (unpaired) electrons. The number of amides is 2. The van der Waals surface area contributed by atoms with Crippen molar-refractivity contribution in [1.29, 1.82) is 0 Å². The first-order chi connectivity index (χ1) is 8.02. The van der Waals surface area contributed by atoms with Crippen LogP contribution in [0, 0.1) is 11.8 Å². The predicted octanol–water partition coefficient (Wildman–Crippen LogP) is 1.58. The van der Waals surface area contributed by atoms with E-state index in [4.69, 9.17) is 5.11 Å². The predicted molar refractivity (Wildman–Crippen MR) is 64.8 cm³/mol. The van der Waals surface area contributed by atoms with Gasteiger partial charge in [0.05, 0.1) is 0 Å². The number of rotatable bonds is 5. The van der Waals surface area contributed by atoms with Crippen LogP contribution in [0.25, 0.3) is 0 Å². The van der Waals surface area contributed by atoms with E-state index in [9.17, 15) is 9.59 Å². The first-order valence-corrected chi connectivity index (χ1v) is 6.30. The molecule has 0 bridgehead atoms. The van der Waals surface area contributed by atoms with E-state index in [1.54, 1.807) is 6.92 Å². The summed E-state index contributed by atoms with van der Waals surface area (Å²) in [6.07, 6.45) is 3.91. The summed E-state index contributed by atoms with van der Waals surface area (Å²) in [5.41, 5.74) is 0. The van der Waals surface area contributed by atoms with E-state index in [2.05, 4.69) is 17.6 Å². The van der Waals surface area contributed by atoms with Gasteiger partial charge in [-0.1, -0.05) is 20.3 Å². The van der Waals surface area contributed by atoms with Crippen LogP contribution in [-0.2, 0) is 4.79 Å². The van der Waals surface area contributed by atoms with E-state index in [-0.39, 0.29) is 6.03 Å². The van der Waals surface area contributed by atoms with Crippen LogP contribution in [0.2, 0.25) is 0 Å². The lowest BCUT2D eigenvalue weighted by Crippen LogP contribution is -2.46. The Morgan fingerprint density at radius 1 is 1.41 bits per heavy atom. The van der Waals surface area contributed by atoms with Gasteiger partial charge in [-0.05, 0) is 31.1 Å². The Morgan fingerprint density at radius 2 is 2.12 bits per heavy atom. The Hall–Kier alpha value is -1.26. The normalized spacial score (nSPS) is 25.3. The van der Waals surface area contributed by atoms with E-state index in [0.717, 1.165) is 18.8 Å². The molecule has 5 nitrogen and oxygen atoms in total. The molecule has 1 saturated carbocycles. The van der Waals surface area contributed by atoms with E-state index in [1.165, 1.54) is 6.42 Å². The Balaban J connectivity index is 2.23. The number of hydrogen-bond acceptors (Lipinski definition) is 2. The molecule has 2 unspecified atom stereocenters. The third kappa shape index (κ3) is 4.63. The monoisotopic (exact) mass is 242 g/mol. The second-order valence-electron chi connectivity index (χ2n) is 4.94. The highest BCUT2D eigenvalue weighted by Gasteiger charge is 2.22. The van der Waals surface area contributed by atoms with Gasteiger partial charge >= 0.3 is 12.0 Å². The average Bonchev–Trinajstić information content (AvgIpc) is 2.68. The molecule has 1 aliphatic carbocycles. The van der Waals surface area contributed by atoms with Crippen LogP contribution in [0.15, 0.2) is 0 Å². The maximum Gasteiger partial charge on any atom is 0.326 e. The quantitative estimate of drug-likeness (QED) is 0.685. The molecule has 0 saturated heterocycles. The van der Waals surface area contributed by atoms with Crippen LogP contribution in [0.3, 0.4) is 0 Å². The Kier molecular flexibility index (Phi) is 5.25. The molecule has 0 aromatic carbocycles. The molecule has 1 fully saturated rings. The van der Waals surface area contributed by atoms with E-state index in [1.807, 2.05) is 0 Å². The van der Waals surface area contributed by atoms with Crippen LogP contribution in [0.5, 0.6) is 0 Å². The second kappa shape index (κ2) is 6.47. The SMILES string of the molecule is CC[C@H](NC(=O)NCC1CCC(C)C1)C(=O)O. The number of aliphatic carboxylic acids is 1. The first kappa shape index (κ1) is 13.8. The minimum absolute atomic E-state index is 0.376. The second-order valence-corrected chi connectivity index (χ2v) is 4.94. The number of carboxylic acid groups (broad SMARTS) is 1.